The van der Waals surface area contributed by atoms with Gasteiger partial charge < -0.3 is 14.3 Å². The molecule has 2 aromatic carbocycles. The second-order valence-electron chi connectivity index (χ2n) is 6.97. The molecule has 0 aliphatic carbocycles. The van der Waals surface area contributed by atoms with Crippen molar-refractivity contribution in [1.82, 2.24) is 14.9 Å². The van der Waals surface area contributed by atoms with Gasteiger partial charge in [0, 0.05) is 17.5 Å². The van der Waals surface area contributed by atoms with E-state index < -0.39 is 0 Å². The molecule has 6 heteroatoms. The number of likely N-dealkylation sites (tertiary alicyclic amines) is 1. The molecule has 5 rings (SSSR count). The number of aromatic amines is 1. The fourth-order valence-corrected chi connectivity index (χ4v) is 3.88. The molecule has 136 valence electrons. The number of H-pyrrole nitrogens is 1. The maximum atomic E-state index is 13.5. The fourth-order valence-electron chi connectivity index (χ4n) is 3.88. The Kier molecular flexibility index (Phi) is 3.70. The minimum Gasteiger partial charge on any atom is -0.464 e. The number of halogens is 1. The van der Waals surface area contributed by atoms with Gasteiger partial charge in [0.05, 0.1) is 23.3 Å². The lowest BCUT2D eigenvalue weighted by Gasteiger charge is -2.34. The van der Waals surface area contributed by atoms with E-state index in [9.17, 15) is 9.18 Å². The number of imidazole rings is 1. The summed E-state index contributed by atoms with van der Waals surface area (Å²) in [6, 6.07) is 11.7. The zero-order chi connectivity index (χ0) is 18.4. The van der Waals surface area contributed by atoms with Gasteiger partial charge in [-0.25, -0.2) is 9.37 Å². The molecule has 1 aliphatic heterocycles. The van der Waals surface area contributed by atoms with Crippen molar-refractivity contribution in [1.29, 1.82) is 0 Å². The molecule has 0 bridgehead atoms. The van der Waals surface area contributed by atoms with Crippen molar-refractivity contribution in [3.05, 3.63) is 65.9 Å². The van der Waals surface area contributed by atoms with Crippen molar-refractivity contribution < 1.29 is 13.6 Å². The highest BCUT2D eigenvalue weighted by atomic mass is 19.1. The molecule has 1 saturated heterocycles. The number of rotatable bonds is 2. The average Bonchev–Trinajstić information content (AvgIpc) is 3.33. The number of hydrogen-bond donors (Lipinski definition) is 1. The summed E-state index contributed by atoms with van der Waals surface area (Å²) < 4.78 is 18.9. The highest BCUT2D eigenvalue weighted by Crippen LogP contribution is 2.32. The number of carbonyl (C=O) groups is 1. The third-order valence-electron chi connectivity index (χ3n) is 5.24. The number of piperidine rings is 1. The molecule has 3 heterocycles. The van der Waals surface area contributed by atoms with E-state index in [1.54, 1.807) is 18.4 Å². The van der Waals surface area contributed by atoms with Crippen molar-refractivity contribution >= 4 is 27.9 Å². The van der Waals surface area contributed by atoms with Crippen LogP contribution in [-0.4, -0.2) is 27.3 Å². The average molecular weight is 363 g/mol. The Bertz CT molecular complexity index is 1150. The zero-order valence-corrected chi connectivity index (χ0v) is 14.6. The number of benzene rings is 2. The van der Waals surface area contributed by atoms with Crippen molar-refractivity contribution in [2.24, 2.45) is 0 Å². The van der Waals surface area contributed by atoms with Gasteiger partial charge in [-0.2, -0.15) is 0 Å². The van der Waals surface area contributed by atoms with E-state index in [1.807, 2.05) is 23.1 Å². The van der Waals surface area contributed by atoms with E-state index in [2.05, 4.69) is 9.97 Å². The first-order valence-electron chi connectivity index (χ1n) is 9.12. The Morgan fingerprint density at radius 1 is 1.19 bits per heavy atom. The molecule has 1 aliphatic rings. The third kappa shape index (κ3) is 2.77. The van der Waals surface area contributed by atoms with Crippen LogP contribution in [0.3, 0.4) is 0 Å². The molecule has 0 radical (unpaired) electrons. The van der Waals surface area contributed by atoms with Gasteiger partial charge in [0.1, 0.15) is 17.2 Å². The lowest BCUT2D eigenvalue weighted by Crippen LogP contribution is -2.39. The van der Waals surface area contributed by atoms with Crippen LogP contribution in [0.2, 0.25) is 0 Å². The first-order valence-corrected chi connectivity index (χ1v) is 9.12. The van der Waals surface area contributed by atoms with Crippen LogP contribution < -0.4 is 0 Å². The number of aromatic nitrogens is 2. The number of nitrogens with zero attached hydrogens (tertiary/aromatic N) is 2. The second-order valence-corrected chi connectivity index (χ2v) is 6.97. The lowest BCUT2D eigenvalue weighted by molar-refractivity contribution is 0.0601. The van der Waals surface area contributed by atoms with Crippen LogP contribution in [0.15, 0.2) is 53.1 Å². The normalized spacial score (nSPS) is 17.7. The van der Waals surface area contributed by atoms with Crippen molar-refractivity contribution in [3.8, 4) is 0 Å². The van der Waals surface area contributed by atoms with Gasteiger partial charge in [-0.3, -0.25) is 4.79 Å². The molecular formula is C21H18FN3O2. The van der Waals surface area contributed by atoms with Crippen LogP contribution in [0.25, 0.3) is 22.0 Å². The van der Waals surface area contributed by atoms with Crippen LogP contribution >= 0.6 is 0 Å². The molecule has 27 heavy (non-hydrogen) atoms. The fraction of sp³-hybridized carbons (Fsp3) is 0.238. The van der Waals surface area contributed by atoms with Gasteiger partial charge in [0.2, 0.25) is 0 Å². The topological polar surface area (TPSA) is 62.1 Å². The van der Waals surface area contributed by atoms with E-state index in [1.165, 1.54) is 12.1 Å². The Morgan fingerprint density at radius 3 is 3.04 bits per heavy atom. The van der Waals surface area contributed by atoms with Gasteiger partial charge in [0.25, 0.3) is 5.91 Å². The van der Waals surface area contributed by atoms with Crippen molar-refractivity contribution in [2.75, 3.05) is 6.54 Å². The second kappa shape index (κ2) is 6.23. The lowest BCUT2D eigenvalue weighted by atomic mass is 10.00. The number of fused-ring (bicyclic) bond motifs is 2. The standard InChI is InChI=1S/C21H18FN3O2/c22-15-5-6-16-17(12-15)24-20(23-16)18-3-1-2-9-25(18)21(26)14-4-7-19-13(11-14)8-10-27-19/h4-8,10-12,18H,1-3,9H2,(H,23,24)/t18-/m1/s1. The Hall–Kier alpha value is -3.15. The van der Waals surface area contributed by atoms with Crippen LogP contribution in [0.1, 0.15) is 41.5 Å². The highest BCUT2D eigenvalue weighted by Gasteiger charge is 2.31. The molecule has 4 aromatic rings. The summed E-state index contributed by atoms with van der Waals surface area (Å²) in [6.07, 6.45) is 4.45. The summed E-state index contributed by atoms with van der Waals surface area (Å²) in [4.78, 5) is 22.9. The minimum atomic E-state index is -0.303. The Balaban J connectivity index is 1.51. The number of hydrogen-bond acceptors (Lipinski definition) is 3. The Labute approximate surface area is 154 Å². The van der Waals surface area contributed by atoms with Gasteiger partial charge in [-0.1, -0.05) is 0 Å². The predicted molar refractivity (Wildman–Crippen MR) is 99.9 cm³/mol. The summed E-state index contributed by atoms with van der Waals surface area (Å²) in [7, 11) is 0. The van der Waals surface area contributed by atoms with Crippen LogP contribution in [-0.2, 0) is 0 Å². The first kappa shape index (κ1) is 16.1. The molecular weight excluding hydrogens is 345 g/mol. The summed E-state index contributed by atoms with van der Waals surface area (Å²) in [5, 5.41) is 0.911. The predicted octanol–water partition coefficient (Wildman–Crippen LogP) is 4.82. The summed E-state index contributed by atoms with van der Waals surface area (Å²) in [5.74, 6) is 0.394. The highest BCUT2D eigenvalue weighted by molar-refractivity contribution is 5.98. The molecule has 1 N–H and O–H groups in total. The van der Waals surface area contributed by atoms with Gasteiger partial charge in [0.15, 0.2) is 0 Å². The summed E-state index contributed by atoms with van der Waals surface area (Å²) >= 11 is 0. The maximum absolute atomic E-state index is 13.5. The van der Waals surface area contributed by atoms with Crippen molar-refractivity contribution in [3.63, 3.8) is 0 Å². The van der Waals surface area contributed by atoms with E-state index in [0.29, 0.717) is 29.0 Å². The van der Waals surface area contributed by atoms with Crippen LogP contribution in [0.4, 0.5) is 4.39 Å². The molecule has 1 amide bonds. The van der Waals surface area contributed by atoms with Crippen LogP contribution in [0, 0.1) is 5.82 Å². The summed E-state index contributed by atoms with van der Waals surface area (Å²) in [5.41, 5.74) is 2.77. The van der Waals surface area contributed by atoms with Gasteiger partial charge >= 0.3 is 0 Å². The van der Waals surface area contributed by atoms with Gasteiger partial charge in [-0.05, 0) is 61.7 Å². The monoisotopic (exact) mass is 363 g/mol. The third-order valence-corrected chi connectivity index (χ3v) is 5.24. The van der Waals surface area contributed by atoms with E-state index in [0.717, 1.165) is 30.2 Å². The Morgan fingerprint density at radius 2 is 2.11 bits per heavy atom. The molecule has 2 aromatic heterocycles. The van der Waals surface area contributed by atoms with Crippen LogP contribution in [0.5, 0.6) is 0 Å². The zero-order valence-electron chi connectivity index (χ0n) is 14.6. The largest absolute Gasteiger partial charge is 0.464 e. The quantitative estimate of drug-likeness (QED) is 0.556. The van der Waals surface area contributed by atoms with Crippen molar-refractivity contribution in [2.45, 2.75) is 25.3 Å². The number of amides is 1. The maximum Gasteiger partial charge on any atom is 0.254 e. The molecule has 0 spiro atoms. The molecule has 5 nitrogen and oxygen atoms in total. The smallest absolute Gasteiger partial charge is 0.254 e. The van der Waals surface area contributed by atoms with Gasteiger partial charge in [-0.15, -0.1) is 0 Å². The number of furan rings is 1. The molecule has 1 fully saturated rings. The van der Waals surface area contributed by atoms with E-state index >= 15 is 0 Å². The first-order chi connectivity index (χ1) is 13.2. The molecule has 0 saturated carbocycles. The molecule has 1 atom stereocenters. The number of carbonyl (C=O) groups excluding carboxylic acids is 1. The minimum absolute atomic E-state index is 0.0190. The summed E-state index contributed by atoms with van der Waals surface area (Å²) in [6.45, 7) is 0.679. The number of nitrogens with one attached hydrogen (secondary N) is 1. The van der Waals surface area contributed by atoms with E-state index in [-0.39, 0.29) is 17.8 Å². The van der Waals surface area contributed by atoms with E-state index in [4.69, 9.17) is 4.42 Å². The molecule has 0 unspecified atom stereocenters. The SMILES string of the molecule is O=C(c1ccc2occc2c1)N1CCCC[C@@H]1c1nc2ccc(F)cc2[nH]1.